The fourth-order valence-electron chi connectivity index (χ4n) is 2.29. The highest BCUT2D eigenvalue weighted by atomic mass is 32.2. The van der Waals surface area contributed by atoms with Crippen molar-refractivity contribution in [3.05, 3.63) is 35.9 Å². The summed E-state index contributed by atoms with van der Waals surface area (Å²) in [6.45, 7) is 1.29. The van der Waals surface area contributed by atoms with Gasteiger partial charge in [-0.2, -0.15) is 0 Å². The molecule has 1 aromatic carbocycles. The van der Waals surface area contributed by atoms with Crippen LogP contribution in [0.2, 0.25) is 0 Å². The largest absolute Gasteiger partial charge is 0.456 e. The predicted molar refractivity (Wildman–Crippen MR) is 92.8 cm³/mol. The minimum absolute atomic E-state index is 0.000964. The molecule has 0 bridgehead atoms. The SMILES string of the molecule is O=C(COC(=O)CCN1CCSC1=O)NCCCc1ccccc1. The van der Waals surface area contributed by atoms with E-state index in [2.05, 4.69) is 5.32 Å². The zero-order valence-corrected chi connectivity index (χ0v) is 14.3. The van der Waals surface area contributed by atoms with Gasteiger partial charge in [-0.3, -0.25) is 14.4 Å². The predicted octanol–water partition coefficient (Wildman–Crippen LogP) is 1.84. The zero-order valence-electron chi connectivity index (χ0n) is 13.5. The van der Waals surface area contributed by atoms with Gasteiger partial charge in [-0.05, 0) is 18.4 Å². The first-order valence-corrected chi connectivity index (χ1v) is 9.01. The number of benzene rings is 1. The highest BCUT2D eigenvalue weighted by Crippen LogP contribution is 2.17. The van der Waals surface area contributed by atoms with Crippen LogP contribution in [0.4, 0.5) is 4.79 Å². The van der Waals surface area contributed by atoms with Crippen molar-refractivity contribution in [2.24, 2.45) is 0 Å². The van der Waals surface area contributed by atoms with Crippen LogP contribution in [-0.2, 0) is 20.7 Å². The van der Waals surface area contributed by atoms with E-state index in [9.17, 15) is 14.4 Å². The number of amides is 2. The van der Waals surface area contributed by atoms with Gasteiger partial charge in [-0.1, -0.05) is 42.1 Å². The summed E-state index contributed by atoms with van der Waals surface area (Å²) in [5.74, 6) is 0.00238. The molecule has 1 heterocycles. The smallest absolute Gasteiger partial charge is 0.308 e. The third-order valence-electron chi connectivity index (χ3n) is 3.60. The second-order valence-corrected chi connectivity index (χ2v) is 6.50. The van der Waals surface area contributed by atoms with Crippen LogP contribution in [0.1, 0.15) is 18.4 Å². The standard InChI is InChI=1S/C17H22N2O4S/c20-15(18-9-4-7-14-5-2-1-3-6-14)13-23-16(21)8-10-19-11-12-24-17(19)22/h1-3,5-6H,4,7-13H2,(H,18,20). The summed E-state index contributed by atoms with van der Waals surface area (Å²) in [6.07, 6.45) is 1.84. The Morgan fingerprint density at radius 2 is 2.04 bits per heavy atom. The second kappa shape index (κ2) is 9.97. The molecule has 2 amide bonds. The van der Waals surface area contributed by atoms with Gasteiger partial charge in [0.05, 0.1) is 6.42 Å². The first-order chi connectivity index (χ1) is 11.6. The highest BCUT2D eigenvalue weighted by Gasteiger charge is 2.21. The Kier molecular flexibility index (Phi) is 7.61. The van der Waals surface area contributed by atoms with Gasteiger partial charge in [-0.25, -0.2) is 0 Å². The molecule has 7 heteroatoms. The van der Waals surface area contributed by atoms with Gasteiger partial charge in [0.15, 0.2) is 6.61 Å². The van der Waals surface area contributed by atoms with Crippen molar-refractivity contribution >= 4 is 28.9 Å². The average Bonchev–Trinajstić information content (AvgIpc) is 3.01. The molecule has 1 aliphatic rings. The lowest BCUT2D eigenvalue weighted by Crippen LogP contribution is -2.31. The maximum atomic E-state index is 11.6. The lowest BCUT2D eigenvalue weighted by molar-refractivity contribution is -0.148. The average molecular weight is 350 g/mol. The highest BCUT2D eigenvalue weighted by molar-refractivity contribution is 8.13. The van der Waals surface area contributed by atoms with E-state index >= 15 is 0 Å². The van der Waals surface area contributed by atoms with Crippen LogP contribution in [0.25, 0.3) is 0 Å². The summed E-state index contributed by atoms with van der Waals surface area (Å²) in [5, 5.41) is 2.73. The number of ether oxygens (including phenoxy) is 1. The van der Waals surface area contributed by atoms with Crippen LogP contribution in [0, 0.1) is 0 Å². The molecule has 0 aliphatic carbocycles. The maximum Gasteiger partial charge on any atom is 0.308 e. The van der Waals surface area contributed by atoms with Crippen molar-refractivity contribution < 1.29 is 19.1 Å². The summed E-state index contributed by atoms with van der Waals surface area (Å²) in [7, 11) is 0. The molecule has 1 fully saturated rings. The third kappa shape index (κ3) is 6.62. The number of carbonyl (C=O) groups excluding carboxylic acids is 3. The second-order valence-electron chi connectivity index (χ2n) is 5.45. The topological polar surface area (TPSA) is 75.7 Å². The Bertz CT molecular complexity index is 565. The summed E-state index contributed by atoms with van der Waals surface area (Å²) >= 11 is 1.26. The molecule has 0 saturated carbocycles. The number of aryl methyl sites for hydroxylation is 1. The van der Waals surface area contributed by atoms with E-state index in [1.165, 1.54) is 17.3 Å². The van der Waals surface area contributed by atoms with E-state index in [1.54, 1.807) is 4.90 Å². The number of carbonyl (C=O) groups is 3. The maximum absolute atomic E-state index is 11.6. The van der Waals surface area contributed by atoms with E-state index in [4.69, 9.17) is 4.74 Å². The minimum atomic E-state index is -0.459. The van der Waals surface area contributed by atoms with Crippen LogP contribution in [0.5, 0.6) is 0 Å². The van der Waals surface area contributed by atoms with Crippen molar-refractivity contribution in [1.29, 1.82) is 0 Å². The Labute approximate surface area is 145 Å². The van der Waals surface area contributed by atoms with Crippen molar-refractivity contribution in [1.82, 2.24) is 10.2 Å². The fourth-order valence-corrected chi connectivity index (χ4v) is 3.14. The van der Waals surface area contributed by atoms with Crippen LogP contribution in [-0.4, -0.2) is 54.0 Å². The third-order valence-corrected chi connectivity index (χ3v) is 4.49. The first kappa shape index (κ1) is 18.3. The molecule has 1 aliphatic heterocycles. The number of rotatable bonds is 9. The molecule has 0 aromatic heterocycles. The van der Waals surface area contributed by atoms with Gasteiger partial charge >= 0.3 is 5.97 Å². The van der Waals surface area contributed by atoms with Crippen LogP contribution in [0.15, 0.2) is 30.3 Å². The zero-order chi connectivity index (χ0) is 17.2. The summed E-state index contributed by atoms with van der Waals surface area (Å²) in [4.78, 5) is 36.2. The lowest BCUT2D eigenvalue weighted by Gasteiger charge is -2.13. The molecule has 24 heavy (non-hydrogen) atoms. The van der Waals surface area contributed by atoms with Gasteiger partial charge in [0.2, 0.25) is 0 Å². The molecule has 1 N–H and O–H groups in total. The van der Waals surface area contributed by atoms with E-state index in [1.807, 2.05) is 30.3 Å². The van der Waals surface area contributed by atoms with Crippen molar-refractivity contribution in [2.45, 2.75) is 19.3 Å². The Hall–Kier alpha value is -2.02. The molecular formula is C17H22N2O4S. The molecule has 0 spiro atoms. The van der Waals surface area contributed by atoms with Crippen molar-refractivity contribution in [2.75, 3.05) is 32.0 Å². The molecule has 6 nitrogen and oxygen atoms in total. The number of nitrogens with zero attached hydrogens (tertiary/aromatic N) is 1. The monoisotopic (exact) mass is 350 g/mol. The number of hydrogen-bond acceptors (Lipinski definition) is 5. The van der Waals surface area contributed by atoms with E-state index in [0.717, 1.165) is 18.6 Å². The minimum Gasteiger partial charge on any atom is -0.456 e. The summed E-state index contributed by atoms with van der Waals surface area (Å²) in [5.41, 5.74) is 1.23. The van der Waals surface area contributed by atoms with Crippen LogP contribution >= 0.6 is 11.8 Å². The van der Waals surface area contributed by atoms with Crippen LogP contribution < -0.4 is 5.32 Å². The van der Waals surface area contributed by atoms with Gasteiger partial charge in [0.1, 0.15) is 0 Å². The summed E-state index contributed by atoms with van der Waals surface area (Å²) < 4.78 is 4.92. The van der Waals surface area contributed by atoms with Crippen molar-refractivity contribution in [3.63, 3.8) is 0 Å². The Balaban J connectivity index is 1.51. The number of hydrogen-bond donors (Lipinski definition) is 1. The number of thioether (sulfide) groups is 1. The quantitative estimate of drug-likeness (QED) is 0.543. The van der Waals surface area contributed by atoms with Crippen LogP contribution in [0.3, 0.4) is 0 Å². The van der Waals surface area contributed by atoms with Gasteiger partial charge in [0.25, 0.3) is 11.1 Å². The molecule has 0 atom stereocenters. The van der Waals surface area contributed by atoms with Gasteiger partial charge < -0.3 is 15.0 Å². The lowest BCUT2D eigenvalue weighted by atomic mass is 10.1. The fraction of sp³-hybridized carbons (Fsp3) is 0.471. The van der Waals surface area contributed by atoms with Gasteiger partial charge in [0, 0.05) is 25.4 Å². The Morgan fingerprint density at radius 1 is 1.25 bits per heavy atom. The molecule has 130 valence electrons. The van der Waals surface area contributed by atoms with Gasteiger partial charge in [-0.15, -0.1) is 0 Å². The van der Waals surface area contributed by atoms with E-state index < -0.39 is 5.97 Å². The summed E-state index contributed by atoms with van der Waals surface area (Å²) in [6, 6.07) is 10.0. The number of esters is 1. The first-order valence-electron chi connectivity index (χ1n) is 8.03. The molecule has 0 unspecified atom stereocenters. The molecular weight excluding hydrogens is 328 g/mol. The molecule has 1 saturated heterocycles. The molecule has 1 aromatic rings. The normalized spacial score (nSPS) is 13.8. The number of nitrogens with one attached hydrogen (secondary N) is 1. The molecule has 2 rings (SSSR count). The Morgan fingerprint density at radius 3 is 2.75 bits per heavy atom. The van der Waals surface area contributed by atoms with Crippen molar-refractivity contribution in [3.8, 4) is 0 Å². The molecule has 0 radical (unpaired) electrons. The van der Waals surface area contributed by atoms with E-state index in [-0.39, 0.29) is 24.2 Å². The van der Waals surface area contributed by atoms with E-state index in [0.29, 0.717) is 19.6 Å².